The molecule has 18 heavy (non-hydrogen) atoms. The van der Waals surface area contributed by atoms with Gasteiger partial charge in [0, 0.05) is 13.1 Å². The van der Waals surface area contributed by atoms with Gasteiger partial charge < -0.3 is 5.73 Å². The second-order valence-corrected chi connectivity index (χ2v) is 5.88. The molecule has 0 spiro atoms. The van der Waals surface area contributed by atoms with E-state index in [-0.39, 0.29) is 0 Å². The van der Waals surface area contributed by atoms with Gasteiger partial charge in [-0.05, 0) is 57.8 Å². The van der Waals surface area contributed by atoms with E-state index in [1.807, 2.05) is 0 Å². The summed E-state index contributed by atoms with van der Waals surface area (Å²) in [5.41, 5.74) is 8.67. The molecule has 102 valence electrons. The Morgan fingerprint density at radius 1 is 1.39 bits per heavy atom. The molecule has 1 aromatic rings. The Morgan fingerprint density at radius 2 is 2.06 bits per heavy atom. The van der Waals surface area contributed by atoms with Crippen LogP contribution in [-0.2, 0) is 13.1 Å². The van der Waals surface area contributed by atoms with Crippen molar-refractivity contribution in [1.29, 1.82) is 0 Å². The minimum absolute atomic E-state index is 0.359. The fourth-order valence-electron chi connectivity index (χ4n) is 2.68. The second-order valence-electron chi connectivity index (χ2n) is 5.88. The fourth-order valence-corrected chi connectivity index (χ4v) is 2.68. The number of rotatable bonds is 4. The number of nitrogens with two attached hydrogens (primary N) is 1. The van der Waals surface area contributed by atoms with E-state index >= 15 is 0 Å². The van der Waals surface area contributed by atoms with Gasteiger partial charge in [0.25, 0.3) is 0 Å². The lowest BCUT2D eigenvalue weighted by atomic mass is 9.80. The highest BCUT2D eigenvalue weighted by atomic mass is 15.3. The Morgan fingerprint density at radius 3 is 2.61 bits per heavy atom. The summed E-state index contributed by atoms with van der Waals surface area (Å²) in [6, 6.07) is 2.21. The zero-order valence-corrected chi connectivity index (χ0v) is 11.9. The maximum atomic E-state index is 5.85. The number of hydrogen-bond donors (Lipinski definition) is 1. The van der Waals surface area contributed by atoms with Crippen LogP contribution in [0.25, 0.3) is 0 Å². The molecule has 4 heteroatoms. The summed E-state index contributed by atoms with van der Waals surface area (Å²) in [6.07, 6.45) is 2.42. The lowest BCUT2D eigenvalue weighted by Crippen LogP contribution is -2.42. The number of nitrogens with zero attached hydrogens (tertiary/aromatic N) is 3. The average molecular weight is 250 g/mol. The zero-order chi connectivity index (χ0) is 13.2. The molecule has 1 aromatic heterocycles. The molecule has 0 radical (unpaired) electrons. The quantitative estimate of drug-likeness (QED) is 0.886. The lowest BCUT2D eigenvalue weighted by molar-refractivity contribution is 0.116. The Kier molecular flexibility index (Phi) is 4.07. The van der Waals surface area contributed by atoms with Crippen LogP contribution in [0.5, 0.6) is 0 Å². The average Bonchev–Trinajstić information content (AvgIpc) is 2.73. The van der Waals surface area contributed by atoms with E-state index in [2.05, 4.69) is 41.5 Å². The molecular weight excluding hydrogens is 224 g/mol. The van der Waals surface area contributed by atoms with Gasteiger partial charge >= 0.3 is 0 Å². The van der Waals surface area contributed by atoms with Crippen LogP contribution < -0.4 is 5.73 Å². The molecule has 1 fully saturated rings. The molecule has 2 heterocycles. The van der Waals surface area contributed by atoms with E-state index in [0.29, 0.717) is 5.41 Å². The van der Waals surface area contributed by atoms with E-state index in [9.17, 15) is 0 Å². The van der Waals surface area contributed by atoms with Crippen molar-refractivity contribution in [2.75, 3.05) is 19.6 Å². The third-order valence-corrected chi connectivity index (χ3v) is 4.23. The minimum Gasteiger partial charge on any atom is -0.330 e. The van der Waals surface area contributed by atoms with Gasteiger partial charge in [-0.3, -0.25) is 9.58 Å². The number of piperidine rings is 1. The molecule has 0 saturated carbocycles. The van der Waals surface area contributed by atoms with Crippen LogP contribution in [0.3, 0.4) is 0 Å². The molecule has 0 aliphatic carbocycles. The van der Waals surface area contributed by atoms with E-state index < -0.39 is 0 Å². The van der Waals surface area contributed by atoms with Crippen LogP contribution in [0.4, 0.5) is 0 Å². The third kappa shape index (κ3) is 2.93. The summed E-state index contributed by atoms with van der Waals surface area (Å²) in [5, 5.41) is 4.51. The van der Waals surface area contributed by atoms with Gasteiger partial charge in [-0.1, -0.05) is 6.92 Å². The summed E-state index contributed by atoms with van der Waals surface area (Å²) < 4.78 is 2.12. The van der Waals surface area contributed by atoms with Crippen molar-refractivity contribution in [3.8, 4) is 0 Å². The monoisotopic (exact) mass is 250 g/mol. The zero-order valence-electron chi connectivity index (χ0n) is 11.9. The van der Waals surface area contributed by atoms with Gasteiger partial charge in [0.05, 0.1) is 11.4 Å². The molecule has 0 amide bonds. The van der Waals surface area contributed by atoms with Gasteiger partial charge in [0.15, 0.2) is 0 Å². The summed E-state index contributed by atoms with van der Waals surface area (Å²) in [5.74, 6) is 0. The van der Waals surface area contributed by atoms with Crippen molar-refractivity contribution in [2.24, 2.45) is 11.1 Å². The van der Waals surface area contributed by atoms with Crippen LogP contribution in [0.1, 0.15) is 38.1 Å². The van der Waals surface area contributed by atoms with Crippen molar-refractivity contribution in [1.82, 2.24) is 14.7 Å². The third-order valence-electron chi connectivity index (χ3n) is 4.23. The van der Waals surface area contributed by atoms with Gasteiger partial charge in [0.1, 0.15) is 0 Å². The second kappa shape index (κ2) is 5.41. The molecule has 0 atom stereocenters. The Balaban J connectivity index is 1.95. The number of aryl methyl sites for hydroxylation is 2. The van der Waals surface area contributed by atoms with Gasteiger partial charge in [0.2, 0.25) is 0 Å². The lowest BCUT2D eigenvalue weighted by Gasteiger charge is -2.38. The smallest absolute Gasteiger partial charge is 0.0597 e. The van der Waals surface area contributed by atoms with Crippen molar-refractivity contribution in [3.63, 3.8) is 0 Å². The van der Waals surface area contributed by atoms with Crippen molar-refractivity contribution >= 4 is 0 Å². The molecule has 0 bridgehead atoms. The first-order chi connectivity index (χ1) is 8.56. The molecule has 1 aliphatic heterocycles. The van der Waals surface area contributed by atoms with Gasteiger partial charge in [-0.2, -0.15) is 5.10 Å². The molecule has 1 saturated heterocycles. The number of likely N-dealkylation sites (tertiary alicyclic amines) is 1. The highest BCUT2D eigenvalue weighted by Gasteiger charge is 2.28. The normalized spacial score (nSPS) is 20.2. The Labute approximate surface area is 110 Å². The van der Waals surface area contributed by atoms with Crippen molar-refractivity contribution < 1.29 is 0 Å². The van der Waals surface area contributed by atoms with Crippen molar-refractivity contribution in [2.45, 2.75) is 46.7 Å². The fraction of sp³-hybridized carbons (Fsp3) is 0.786. The predicted molar refractivity (Wildman–Crippen MR) is 74.3 cm³/mol. The van der Waals surface area contributed by atoms with Crippen LogP contribution in [0, 0.1) is 12.3 Å². The molecule has 2 N–H and O–H groups in total. The summed E-state index contributed by atoms with van der Waals surface area (Å²) >= 11 is 0. The molecule has 4 nitrogen and oxygen atoms in total. The first kappa shape index (κ1) is 13.6. The topological polar surface area (TPSA) is 47.1 Å². The summed E-state index contributed by atoms with van der Waals surface area (Å²) in [7, 11) is 0. The summed E-state index contributed by atoms with van der Waals surface area (Å²) in [6.45, 7) is 11.6. The van der Waals surface area contributed by atoms with Gasteiger partial charge in [-0.15, -0.1) is 0 Å². The summed E-state index contributed by atoms with van der Waals surface area (Å²) in [4.78, 5) is 2.53. The first-order valence-electron chi connectivity index (χ1n) is 7.02. The standard InChI is InChI=1S/C14H26N4/c1-4-18-13(9-12(2)16-18)10-17-7-5-14(3,11-15)6-8-17/h9H,4-8,10-11,15H2,1-3H3. The predicted octanol–water partition coefficient (Wildman–Crippen LogP) is 1.77. The van der Waals surface area contributed by atoms with Crippen LogP contribution in [0.2, 0.25) is 0 Å². The molecule has 0 unspecified atom stereocenters. The number of aromatic nitrogens is 2. The number of hydrogen-bond acceptors (Lipinski definition) is 3. The van der Waals surface area contributed by atoms with E-state index in [0.717, 1.165) is 38.4 Å². The van der Waals surface area contributed by atoms with E-state index in [1.54, 1.807) is 0 Å². The highest BCUT2D eigenvalue weighted by Crippen LogP contribution is 2.30. The molecule has 1 aliphatic rings. The van der Waals surface area contributed by atoms with Crippen LogP contribution in [-0.4, -0.2) is 34.3 Å². The first-order valence-corrected chi connectivity index (χ1v) is 7.02. The van der Waals surface area contributed by atoms with Crippen LogP contribution >= 0.6 is 0 Å². The Bertz CT molecular complexity index is 388. The van der Waals surface area contributed by atoms with E-state index in [1.165, 1.54) is 18.5 Å². The molecular formula is C14H26N4. The maximum Gasteiger partial charge on any atom is 0.0597 e. The van der Waals surface area contributed by atoms with E-state index in [4.69, 9.17) is 5.73 Å². The minimum atomic E-state index is 0.359. The maximum absolute atomic E-state index is 5.85. The largest absolute Gasteiger partial charge is 0.330 e. The molecule has 0 aromatic carbocycles. The molecule has 2 rings (SSSR count). The highest BCUT2D eigenvalue weighted by molar-refractivity contribution is 5.09. The van der Waals surface area contributed by atoms with Gasteiger partial charge in [-0.25, -0.2) is 0 Å². The Hall–Kier alpha value is -0.870. The SMILES string of the molecule is CCn1nc(C)cc1CN1CCC(C)(CN)CC1. The van der Waals surface area contributed by atoms with Crippen LogP contribution in [0.15, 0.2) is 6.07 Å². The van der Waals surface area contributed by atoms with Crippen molar-refractivity contribution in [3.05, 3.63) is 17.5 Å².